The molecule has 1 aromatic carbocycles. The first-order chi connectivity index (χ1) is 7.54. The molecule has 88 valence electrons. The van der Waals surface area contributed by atoms with E-state index in [1.54, 1.807) is 0 Å². The molecule has 0 aromatic heterocycles. The summed E-state index contributed by atoms with van der Waals surface area (Å²) in [6, 6.07) is 8.80. The van der Waals surface area contributed by atoms with Gasteiger partial charge < -0.3 is 4.74 Å². The van der Waals surface area contributed by atoms with Gasteiger partial charge in [0.05, 0.1) is 11.4 Å². The topological polar surface area (TPSA) is 9.23 Å². The second-order valence-electron chi connectivity index (χ2n) is 4.77. The van der Waals surface area contributed by atoms with E-state index in [1.165, 1.54) is 11.1 Å². The van der Waals surface area contributed by atoms with Gasteiger partial charge in [-0.05, 0) is 26.3 Å². The Labute approximate surface area is 106 Å². The smallest absolute Gasteiger partial charge is 0.0888 e. The van der Waals surface area contributed by atoms with Gasteiger partial charge in [-0.1, -0.05) is 51.4 Å². The number of methoxy groups -OCH3 is 1. The van der Waals surface area contributed by atoms with Gasteiger partial charge >= 0.3 is 0 Å². The molecule has 16 heavy (non-hydrogen) atoms. The van der Waals surface area contributed by atoms with E-state index < -0.39 is 0 Å². The molecule has 0 saturated carbocycles. The van der Waals surface area contributed by atoms with E-state index in [-0.39, 0.29) is 10.9 Å². The maximum absolute atomic E-state index is 5.68. The molecular formula is C13H18OS2. The molecule has 1 aliphatic rings. The number of hydrogen-bond acceptors (Lipinski definition) is 3. The lowest BCUT2D eigenvalue weighted by Crippen LogP contribution is -2.33. The zero-order valence-electron chi connectivity index (χ0n) is 10.2. The van der Waals surface area contributed by atoms with Crippen molar-refractivity contribution in [1.82, 2.24) is 0 Å². The molecule has 2 rings (SSSR count). The van der Waals surface area contributed by atoms with E-state index in [0.29, 0.717) is 5.25 Å². The molecule has 0 amide bonds. The van der Waals surface area contributed by atoms with Gasteiger partial charge in [-0.25, -0.2) is 0 Å². The highest BCUT2D eigenvalue weighted by Gasteiger charge is 2.44. The largest absolute Gasteiger partial charge is 0.378 e. The van der Waals surface area contributed by atoms with Crippen molar-refractivity contribution in [3.63, 3.8) is 0 Å². The number of rotatable bonds is 2. The van der Waals surface area contributed by atoms with Crippen LogP contribution in [0.4, 0.5) is 0 Å². The lowest BCUT2D eigenvalue weighted by molar-refractivity contribution is 0.0792. The van der Waals surface area contributed by atoms with Crippen LogP contribution >= 0.6 is 21.6 Å². The van der Waals surface area contributed by atoms with Gasteiger partial charge in [0.1, 0.15) is 0 Å². The Morgan fingerprint density at radius 2 is 1.81 bits per heavy atom. The minimum absolute atomic E-state index is 0.189. The first kappa shape index (κ1) is 12.3. The summed E-state index contributed by atoms with van der Waals surface area (Å²) in [6.45, 7) is 6.64. The molecule has 0 bridgehead atoms. The predicted molar refractivity (Wildman–Crippen MR) is 74.0 cm³/mol. The number of aryl methyl sites for hydroxylation is 1. The molecule has 0 radical (unpaired) electrons. The summed E-state index contributed by atoms with van der Waals surface area (Å²) in [4.78, 5) is 0. The lowest BCUT2D eigenvalue weighted by atomic mass is 9.97. The monoisotopic (exact) mass is 254 g/mol. The Kier molecular flexibility index (Phi) is 3.57. The van der Waals surface area contributed by atoms with Crippen LogP contribution in [0.5, 0.6) is 0 Å². The molecular weight excluding hydrogens is 236 g/mol. The zero-order valence-corrected chi connectivity index (χ0v) is 11.8. The molecule has 0 spiro atoms. The molecule has 1 fully saturated rings. The van der Waals surface area contributed by atoms with Crippen molar-refractivity contribution >= 4 is 21.6 Å². The average Bonchev–Trinajstić information content (AvgIpc) is 2.54. The summed E-state index contributed by atoms with van der Waals surface area (Å²) in [5.41, 5.74) is 2.69. The third-order valence-electron chi connectivity index (χ3n) is 2.99. The van der Waals surface area contributed by atoms with Crippen LogP contribution in [-0.4, -0.2) is 18.0 Å². The normalized spacial score (nSPS) is 28.2. The predicted octanol–water partition coefficient (Wildman–Crippen LogP) is 4.22. The standard InChI is InChI=1S/C13H18OS2/c1-9-5-7-10(8-6-9)11-12(14-4)13(2,3)16-15-11/h5-8,11-12H,1-4H3. The summed E-state index contributed by atoms with van der Waals surface area (Å²) >= 11 is 0. The van der Waals surface area contributed by atoms with Gasteiger partial charge in [0, 0.05) is 11.9 Å². The molecule has 1 aromatic rings. The first-order valence-corrected chi connectivity index (χ1v) is 7.70. The number of benzene rings is 1. The Bertz CT molecular complexity index is 359. The van der Waals surface area contributed by atoms with Gasteiger partial charge in [-0.2, -0.15) is 0 Å². The van der Waals surface area contributed by atoms with Crippen molar-refractivity contribution in [2.45, 2.75) is 36.9 Å². The SMILES string of the molecule is COC1C(c2ccc(C)cc2)SSC1(C)C. The van der Waals surface area contributed by atoms with Gasteiger partial charge in [0.15, 0.2) is 0 Å². The number of hydrogen-bond donors (Lipinski definition) is 0. The summed E-state index contributed by atoms with van der Waals surface area (Å²) in [7, 11) is 5.68. The Morgan fingerprint density at radius 3 is 2.38 bits per heavy atom. The van der Waals surface area contributed by atoms with Crippen molar-refractivity contribution in [2.24, 2.45) is 0 Å². The summed E-state index contributed by atoms with van der Waals surface area (Å²) in [5.74, 6) is 0. The van der Waals surface area contributed by atoms with Crippen LogP contribution in [0, 0.1) is 6.92 Å². The van der Waals surface area contributed by atoms with Gasteiger partial charge in [0.2, 0.25) is 0 Å². The third kappa shape index (κ3) is 2.27. The van der Waals surface area contributed by atoms with Crippen LogP contribution in [0.15, 0.2) is 24.3 Å². The van der Waals surface area contributed by atoms with E-state index >= 15 is 0 Å². The van der Waals surface area contributed by atoms with Crippen molar-refractivity contribution < 1.29 is 4.74 Å². The lowest BCUT2D eigenvalue weighted by Gasteiger charge is -2.27. The molecule has 1 saturated heterocycles. The van der Waals surface area contributed by atoms with Gasteiger partial charge in [-0.15, -0.1) is 0 Å². The van der Waals surface area contributed by atoms with E-state index in [2.05, 4.69) is 45.0 Å². The van der Waals surface area contributed by atoms with Crippen molar-refractivity contribution in [1.29, 1.82) is 0 Å². The molecule has 0 N–H and O–H groups in total. The van der Waals surface area contributed by atoms with Gasteiger partial charge in [-0.3, -0.25) is 0 Å². The molecule has 2 atom stereocenters. The average molecular weight is 254 g/mol. The zero-order chi connectivity index (χ0) is 11.8. The quantitative estimate of drug-likeness (QED) is 0.731. The van der Waals surface area contributed by atoms with Crippen LogP contribution in [0.25, 0.3) is 0 Å². The molecule has 1 aliphatic heterocycles. The molecule has 1 nitrogen and oxygen atoms in total. The van der Waals surface area contributed by atoms with E-state index in [0.717, 1.165) is 0 Å². The Morgan fingerprint density at radius 1 is 1.19 bits per heavy atom. The summed E-state index contributed by atoms with van der Waals surface area (Å²) in [5, 5.41) is 0.450. The highest BCUT2D eigenvalue weighted by atomic mass is 33.1. The van der Waals surface area contributed by atoms with Crippen LogP contribution in [0.1, 0.15) is 30.2 Å². The molecule has 0 aliphatic carbocycles. The van der Waals surface area contributed by atoms with Crippen LogP contribution < -0.4 is 0 Å². The van der Waals surface area contributed by atoms with E-state index in [9.17, 15) is 0 Å². The first-order valence-electron chi connectivity index (χ1n) is 5.48. The molecule has 2 unspecified atom stereocenters. The minimum Gasteiger partial charge on any atom is -0.378 e. The Hall–Kier alpha value is -0.120. The summed E-state index contributed by atoms with van der Waals surface area (Å²) in [6.07, 6.45) is 0.283. The van der Waals surface area contributed by atoms with Crippen molar-refractivity contribution in [2.75, 3.05) is 7.11 Å². The van der Waals surface area contributed by atoms with Crippen molar-refractivity contribution in [3.05, 3.63) is 35.4 Å². The van der Waals surface area contributed by atoms with Crippen LogP contribution in [0.2, 0.25) is 0 Å². The second kappa shape index (κ2) is 4.63. The maximum Gasteiger partial charge on any atom is 0.0888 e. The van der Waals surface area contributed by atoms with E-state index in [1.807, 2.05) is 28.7 Å². The number of ether oxygens (including phenoxy) is 1. The van der Waals surface area contributed by atoms with Gasteiger partial charge in [0.25, 0.3) is 0 Å². The fourth-order valence-corrected chi connectivity index (χ4v) is 5.59. The minimum atomic E-state index is 0.189. The molecule has 1 heterocycles. The summed E-state index contributed by atoms with van der Waals surface area (Å²) < 4.78 is 5.87. The fourth-order valence-electron chi connectivity index (χ4n) is 2.03. The second-order valence-corrected chi connectivity index (χ2v) is 7.77. The van der Waals surface area contributed by atoms with Crippen LogP contribution in [0.3, 0.4) is 0 Å². The fraction of sp³-hybridized carbons (Fsp3) is 0.538. The van der Waals surface area contributed by atoms with E-state index in [4.69, 9.17) is 4.74 Å². The molecule has 3 heteroatoms. The van der Waals surface area contributed by atoms with Crippen LogP contribution in [-0.2, 0) is 4.74 Å². The van der Waals surface area contributed by atoms with Crippen molar-refractivity contribution in [3.8, 4) is 0 Å². The Balaban J connectivity index is 2.25. The highest BCUT2D eigenvalue weighted by Crippen LogP contribution is 2.58. The maximum atomic E-state index is 5.68. The highest BCUT2D eigenvalue weighted by molar-refractivity contribution is 8.77. The third-order valence-corrected chi connectivity index (χ3v) is 6.67.